The Morgan fingerprint density at radius 1 is 1.04 bits per heavy atom. The van der Waals surface area contributed by atoms with Crippen LogP contribution >= 0.6 is 11.3 Å². The van der Waals surface area contributed by atoms with Gasteiger partial charge in [0, 0.05) is 16.0 Å². The Morgan fingerprint density at radius 2 is 1.80 bits per heavy atom. The van der Waals surface area contributed by atoms with Crippen molar-refractivity contribution in [1.82, 2.24) is 4.98 Å². The highest BCUT2D eigenvalue weighted by atomic mass is 32.1. The molecule has 1 heterocycles. The van der Waals surface area contributed by atoms with E-state index < -0.39 is 0 Å². The standard InChI is InChI=1S/C21H20N2OS/c1-14-19(16-8-3-2-4-9-16)22-21(25-14)23-20(24)18-12-11-15-7-5-6-10-17(15)13-18/h2-4,8-9,11-13H,5-7,10H2,1H3,(H,22,23,24). The van der Waals surface area contributed by atoms with Gasteiger partial charge in [0.05, 0.1) is 5.69 Å². The number of hydrogen-bond donors (Lipinski definition) is 1. The Kier molecular flexibility index (Phi) is 4.36. The Hall–Kier alpha value is -2.46. The fourth-order valence-corrected chi connectivity index (χ4v) is 4.19. The molecule has 4 rings (SSSR count). The quantitative estimate of drug-likeness (QED) is 0.702. The van der Waals surface area contributed by atoms with Crippen molar-refractivity contribution in [3.05, 3.63) is 70.1 Å². The number of rotatable bonds is 3. The molecule has 1 amide bonds. The number of aryl methyl sites for hydroxylation is 3. The molecule has 0 spiro atoms. The lowest BCUT2D eigenvalue weighted by atomic mass is 9.90. The monoisotopic (exact) mass is 348 g/mol. The number of amides is 1. The van der Waals surface area contributed by atoms with Gasteiger partial charge in [-0.15, -0.1) is 11.3 Å². The van der Waals surface area contributed by atoms with Gasteiger partial charge < -0.3 is 0 Å². The van der Waals surface area contributed by atoms with Crippen molar-refractivity contribution in [3.8, 4) is 11.3 Å². The van der Waals surface area contributed by atoms with Crippen LogP contribution in [0.3, 0.4) is 0 Å². The topological polar surface area (TPSA) is 42.0 Å². The molecule has 0 atom stereocenters. The van der Waals surface area contributed by atoms with Crippen molar-refractivity contribution in [3.63, 3.8) is 0 Å². The lowest BCUT2D eigenvalue weighted by Crippen LogP contribution is -2.13. The first-order valence-electron chi connectivity index (χ1n) is 8.67. The zero-order chi connectivity index (χ0) is 17.2. The summed E-state index contributed by atoms with van der Waals surface area (Å²) in [4.78, 5) is 18.3. The fraction of sp³-hybridized carbons (Fsp3) is 0.238. The van der Waals surface area contributed by atoms with Crippen LogP contribution in [0.25, 0.3) is 11.3 Å². The summed E-state index contributed by atoms with van der Waals surface area (Å²) in [7, 11) is 0. The van der Waals surface area contributed by atoms with Crippen molar-refractivity contribution < 1.29 is 4.79 Å². The maximum atomic E-state index is 12.6. The van der Waals surface area contributed by atoms with Gasteiger partial charge in [-0.25, -0.2) is 4.98 Å². The van der Waals surface area contributed by atoms with Gasteiger partial charge in [0.25, 0.3) is 5.91 Å². The van der Waals surface area contributed by atoms with Crippen LogP contribution in [0.4, 0.5) is 5.13 Å². The summed E-state index contributed by atoms with van der Waals surface area (Å²) < 4.78 is 0. The minimum Gasteiger partial charge on any atom is -0.298 e. The highest BCUT2D eigenvalue weighted by Gasteiger charge is 2.15. The molecular weight excluding hydrogens is 328 g/mol. The molecule has 1 N–H and O–H groups in total. The molecule has 25 heavy (non-hydrogen) atoms. The minimum atomic E-state index is -0.0817. The zero-order valence-corrected chi connectivity index (χ0v) is 15.0. The second-order valence-electron chi connectivity index (χ2n) is 6.43. The molecule has 0 saturated carbocycles. The van der Waals surface area contributed by atoms with Crippen LogP contribution in [0.1, 0.15) is 39.2 Å². The largest absolute Gasteiger partial charge is 0.298 e. The van der Waals surface area contributed by atoms with E-state index in [2.05, 4.69) is 16.4 Å². The van der Waals surface area contributed by atoms with Crippen molar-refractivity contribution in [1.29, 1.82) is 0 Å². The summed E-state index contributed by atoms with van der Waals surface area (Å²) in [6.07, 6.45) is 4.66. The number of carbonyl (C=O) groups excluding carboxylic acids is 1. The minimum absolute atomic E-state index is 0.0817. The van der Waals surface area contributed by atoms with Crippen LogP contribution in [0, 0.1) is 6.92 Å². The van der Waals surface area contributed by atoms with E-state index in [1.807, 2.05) is 49.4 Å². The van der Waals surface area contributed by atoms with Crippen LogP contribution < -0.4 is 5.32 Å². The molecule has 1 aromatic heterocycles. The number of aromatic nitrogens is 1. The normalized spacial score (nSPS) is 13.3. The summed E-state index contributed by atoms with van der Waals surface area (Å²) >= 11 is 1.52. The predicted molar refractivity (Wildman–Crippen MR) is 103 cm³/mol. The lowest BCUT2D eigenvalue weighted by molar-refractivity contribution is 0.102. The predicted octanol–water partition coefficient (Wildman–Crippen LogP) is 5.25. The first kappa shape index (κ1) is 16.0. The van der Waals surface area contributed by atoms with Crippen LogP contribution in [-0.4, -0.2) is 10.9 Å². The number of anilines is 1. The van der Waals surface area contributed by atoms with Crippen molar-refractivity contribution in [2.24, 2.45) is 0 Å². The third-order valence-corrected chi connectivity index (χ3v) is 5.56. The number of fused-ring (bicyclic) bond motifs is 1. The van der Waals surface area contributed by atoms with E-state index >= 15 is 0 Å². The van der Waals surface area contributed by atoms with E-state index in [9.17, 15) is 4.79 Å². The first-order chi connectivity index (χ1) is 12.2. The molecule has 0 unspecified atom stereocenters. The third-order valence-electron chi connectivity index (χ3n) is 4.67. The molecule has 0 fully saturated rings. The SMILES string of the molecule is Cc1sc(NC(=O)c2ccc3c(c2)CCCC3)nc1-c1ccccc1. The Bertz CT molecular complexity index is 915. The second-order valence-corrected chi connectivity index (χ2v) is 7.64. The van der Waals surface area contributed by atoms with E-state index in [0.29, 0.717) is 5.13 Å². The van der Waals surface area contributed by atoms with Gasteiger partial charge in [0.1, 0.15) is 0 Å². The van der Waals surface area contributed by atoms with E-state index in [-0.39, 0.29) is 5.91 Å². The summed E-state index contributed by atoms with van der Waals surface area (Å²) in [6, 6.07) is 16.1. The second kappa shape index (κ2) is 6.81. The smallest absolute Gasteiger partial charge is 0.257 e. The Morgan fingerprint density at radius 3 is 2.60 bits per heavy atom. The molecule has 4 heteroatoms. The van der Waals surface area contributed by atoms with E-state index in [4.69, 9.17) is 0 Å². The Labute approximate surface area is 151 Å². The van der Waals surface area contributed by atoms with Gasteiger partial charge in [-0.2, -0.15) is 0 Å². The number of thiazole rings is 1. The highest BCUT2D eigenvalue weighted by Crippen LogP contribution is 2.30. The molecular formula is C21H20N2OS. The van der Waals surface area contributed by atoms with E-state index in [1.165, 1.54) is 35.3 Å². The number of benzene rings is 2. The van der Waals surface area contributed by atoms with Gasteiger partial charge in [-0.3, -0.25) is 10.1 Å². The zero-order valence-electron chi connectivity index (χ0n) is 14.2. The average molecular weight is 348 g/mol. The molecule has 2 aromatic carbocycles. The molecule has 126 valence electrons. The third kappa shape index (κ3) is 3.35. The highest BCUT2D eigenvalue weighted by molar-refractivity contribution is 7.16. The molecule has 1 aliphatic carbocycles. The van der Waals surface area contributed by atoms with Crippen molar-refractivity contribution in [2.45, 2.75) is 32.6 Å². The van der Waals surface area contributed by atoms with Crippen LogP contribution in [0.5, 0.6) is 0 Å². The number of nitrogens with zero attached hydrogens (tertiary/aromatic N) is 1. The maximum absolute atomic E-state index is 12.6. The van der Waals surface area contributed by atoms with Gasteiger partial charge >= 0.3 is 0 Å². The molecule has 0 radical (unpaired) electrons. The van der Waals surface area contributed by atoms with E-state index in [1.54, 1.807) is 0 Å². The fourth-order valence-electron chi connectivity index (χ4n) is 3.36. The molecule has 3 aromatic rings. The van der Waals surface area contributed by atoms with Crippen LogP contribution in [0.15, 0.2) is 48.5 Å². The van der Waals surface area contributed by atoms with Crippen LogP contribution in [-0.2, 0) is 12.8 Å². The Balaban J connectivity index is 1.55. The summed E-state index contributed by atoms with van der Waals surface area (Å²) in [6.45, 7) is 2.04. The van der Waals surface area contributed by atoms with Crippen LogP contribution in [0.2, 0.25) is 0 Å². The lowest BCUT2D eigenvalue weighted by Gasteiger charge is -2.16. The molecule has 3 nitrogen and oxygen atoms in total. The number of carbonyl (C=O) groups is 1. The molecule has 0 saturated heterocycles. The van der Waals surface area contributed by atoms with Crippen molar-refractivity contribution >= 4 is 22.4 Å². The maximum Gasteiger partial charge on any atom is 0.257 e. The van der Waals surface area contributed by atoms with Gasteiger partial charge in [-0.1, -0.05) is 36.4 Å². The average Bonchev–Trinajstić information content (AvgIpc) is 3.02. The molecule has 0 bridgehead atoms. The van der Waals surface area contributed by atoms with E-state index in [0.717, 1.165) is 34.5 Å². The van der Waals surface area contributed by atoms with Gasteiger partial charge in [0.15, 0.2) is 5.13 Å². The number of hydrogen-bond acceptors (Lipinski definition) is 3. The molecule has 1 aliphatic rings. The summed E-state index contributed by atoms with van der Waals surface area (Å²) in [5, 5.41) is 3.62. The summed E-state index contributed by atoms with van der Waals surface area (Å²) in [5.74, 6) is -0.0817. The van der Waals surface area contributed by atoms with Gasteiger partial charge in [-0.05, 0) is 55.9 Å². The summed E-state index contributed by atoms with van der Waals surface area (Å²) in [5.41, 5.74) is 5.44. The van der Waals surface area contributed by atoms with Gasteiger partial charge in [0.2, 0.25) is 0 Å². The number of nitrogens with one attached hydrogen (secondary N) is 1. The first-order valence-corrected chi connectivity index (χ1v) is 9.48. The molecule has 0 aliphatic heterocycles. The van der Waals surface area contributed by atoms with Crippen molar-refractivity contribution in [2.75, 3.05) is 5.32 Å².